The van der Waals surface area contributed by atoms with Gasteiger partial charge in [-0.25, -0.2) is 22.8 Å². The number of halogens is 5. The number of anilines is 2. The first kappa shape index (κ1) is 29.5. The molecule has 3 atom stereocenters. The van der Waals surface area contributed by atoms with Crippen LogP contribution >= 0.6 is 11.6 Å². The quantitative estimate of drug-likeness (QED) is 0.289. The average molecular weight is 612 g/mol. The Hall–Kier alpha value is -2.96. The molecule has 2 aliphatic carbocycles. The van der Waals surface area contributed by atoms with Crippen LogP contribution in [0.5, 0.6) is 0 Å². The molecule has 0 amide bonds. The van der Waals surface area contributed by atoms with Crippen molar-refractivity contribution >= 4 is 33.1 Å². The van der Waals surface area contributed by atoms with Crippen molar-refractivity contribution < 1.29 is 26.0 Å². The molecule has 2 aliphatic rings. The normalized spacial score (nSPS) is 22.4. The number of sulfonamides is 1. The molecule has 0 saturated heterocycles. The highest BCUT2D eigenvalue weighted by Crippen LogP contribution is 2.59. The van der Waals surface area contributed by atoms with Crippen LogP contribution in [-0.4, -0.2) is 55.6 Å². The van der Waals surface area contributed by atoms with E-state index in [1.54, 1.807) is 18.2 Å². The summed E-state index contributed by atoms with van der Waals surface area (Å²) >= 11 is 6.43. The lowest BCUT2D eigenvalue weighted by Gasteiger charge is -2.41. The van der Waals surface area contributed by atoms with Gasteiger partial charge in [0.05, 0.1) is 16.1 Å². The van der Waals surface area contributed by atoms with E-state index in [4.69, 9.17) is 11.6 Å². The molecule has 2 aromatic carbocycles. The van der Waals surface area contributed by atoms with Gasteiger partial charge in [0, 0.05) is 18.3 Å². The van der Waals surface area contributed by atoms with E-state index >= 15 is 4.39 Å². The zero-order chi connectivity index (χ0) is 29.6. The van der Waals surface area contributed by atoms with E-state index in [9.17, 15) is 21.6 Å². The molecule has 7 nitrogen and oxygen atoms in total. The third kappa shape index (κ3) is 6.00. The molecule has 2 fully saturated rings. The minimum atomic E-state index is -4.30. The molecule has 0 aliphatic heterocycles. The van der Waals surface area contributed by atoms with Gasteiger partial charge in [-0.3, -0.25) is 4.72 Å². The number of hydrogen-bond donors (Lipinski definition) is 2. The van der Waals surface area contributed by atoms with Crippen LogP contribution in [0.1, 0.15) is 49.1 Å². The van der Waals surface area contributed by atoms with Crippen molar-refractivity contribution in [3.63, 3.8) is 0 Å². The fourth-order valence-electron chi connectivity index (χ4n) is 5.73. The Morgan fingerprint density at radius 2 is 1.85 bits per heavy atom. The molecule has 0 unspecified atom stereocenters. The second-order valence-corrected chi connectivity index (χ2v) is 13.0. The van der Waals surface area contributed by atoms with E-state index in [0.29, 0.717) is 24.8 Å². The molecule has 13 heteroatoms. The SMILES string of the molecule is CN(C)[C@H]1C[C@@H](c2cccc(C3(C(F)(F)F)CC3)c2)CC[C@@H]1Nc1cc(F)c(S(=O)(=O)Nc2ccncn2)cc1Cl. The largest absolute Gasteiger partial charge is 0.398 e. The lowest BCUT2D eigenvalue weighted by molar-refractivity contribution is -0.160. The first-order valence-corrected chi connectivity index (χ1v) is 15.0. The van der Waals surface area contributed by atoms with Gasteiger partial charge in [0.25, 0.3) is 10.0 Å². The van der Waals surface area contributed by atoms with Gasteiger partial charge in [-0.05, 0) is 81.4 Å². The summed E-state index contributed by atoms with van der Waals surface area (Å²) in [7, 11) is -0.475. The van der Waals surface area contributed by atoms with Crippen molar-refractivity contribution in [2.24, 2.45) is 0 Å². The number of likely N-dealkylation sites (N-methyl/N-ethyl adjacent to an activating group) is 1. The molecule has 0 radical (unpaired) electrons. The first-order valence-electron chi connectivity index (χ1n) is 13.2. The second kappa shape index (κ2) is 11.0. The fourth-order valence-corrected chi connectivity index (χ4v) is 7.11. The topological polar surface area (TPSA) is 87.2 Å². The standard InChI is InChI=1S/C28H30ClF4N5O2S/c1-38(2)24-13-18(17-4-3-5-19(12-17)27(9-10-27)28(31,32)33)6-7-22(24)36-23-15-21(30)25(14-20(23)29)41(39,40)37-26-8-11-34-16-35-26/h3-5,8,11-12,14-16,18,22,24,36H,6-7,9-10,13H2,1-2H3,(H,34,35,37)/t18-,22-,24-/m0/s1. The second-order valence-electron chi connectivity index (χ2n) is 11.0. The Labute approximate surface area is 241 Å². The van der Waals surface area contributed by atoms with E-state index in [-0.39, 0.29) is 47.4 Å². The average Bonchev–Trinajstić information content (AvgIpc) is 3.74. The molecule has 0 bridgehead atoms. The molecule has 1 aromatic heterocycles. The Kier molecular flexibility index (Phi) is 7.95. The Balaban J connectivity index is 1.33. The summed E-state index contributed by atoms with van der Waals surface area (Å²) in [6, 6.07) is 10.1. The Morgan fingerprint density at radius 3 is 2.49 bits per heavy atom. The molecular weight excluding hydrogens is 582 g/mol. The number of benzene rings is 2. The third-order valence-electron chi connectivity index (χ3n) is 8.16. The first-order chi connectivity index (χ1) is 19.3. The minimum Gasteiger partial charge on any atom is -0.379 e. The highest BCUT2D eigenvalue weighted by molar-refractivity contribution is 7.92. The van der Waals surface area contributed by atoms with Gasteiger partial charge in [0.1, 0.15) is 22.9 Å². The summed E-state index contributed by atoms with van der Waals surface area (Å²) in [5.41, 5.74) is -0.259. The smallest absolute Gasteiger partial charge is 0.379 e. The summed E-state index contributed by atoms with van der Waals surface area (Å²) in [6.45, 7) is 0. The highest BCUT2D eigenvalue weighted by Gasteiger charge is 2.64. The molecule has 1 heterocycles. The van der Waals surface area contributed by atoms with Crippen molar-refractivity contribution in [2.45, 2.75) is 66.6 Å². The molecule has 41 heavy (non-hydrogen) atoms. The molecule has 5 rings (SSSR count). The number of rotatable bonds is 8. The zero-order valence-electron chi connectivity index (χ0n) is 22.4. The van der Waals surface area contributed by atoms with Gasteiger partial charge < -0.3 is 10.2 Å². The van der Waals surface area contributed by atoms with Gasteiger partial charge >= 0.3 is 6.18 Å². The van der Waals surface area contributed by atoms with Crippen molar-refractivity contribution in [2.75, 3.05) is 24.1 Å². The fraction of sp³-hybridized carbons (Fsp3) is 0.429. The van der Waals surface area contributed by atoms with Crippen molar-refractivity contribution in [1.29, 1.82) is 0 Å². The Bertz CT molecular complexity index is 1520. The third-order valence-corrected chi connectivity index (χ3v) is 9.84. The van der Waals surface area contributed by atoms with Crippen molar-refractivity contribution in [1.82, 2.24) is 14.9 Å². The van der Waals surface area contributed by atoms with Gasteiger partial charge in [0.15, 0.2) is 0 Å². The van der Waals surface area contributed by atoms with Crippen LogP contribution in [0.25, 0.3) is 0 Å². The summed E-state index contributed by atoms with van der Waals surface area (Å²) in [5.74, 6) is -0.944. The van der Waals surface area contributed by atoms with Crippen LogP contribution < -0.4 is 10.0 Å². The maximum Gasteiger partial charge on any atom is 0.398 e. The van der Waals surface area contributed by atoms with Crippen LogP contribution in [0, 0.1) is 5.82 Å². The summed E-state index contributed by atoms with van der Waals surface area (Å²) in [6.07, 6.45) is 0.496. The number of hydrogen-bond acceptors (Lipinski definition) is 6. The molecule has 2 N–H and O–H groups in total. The number of alkyl halides is 3. The van der Waals surface area contributed by atoms with E-state index in [1.807, 2.05) is 25.1 Å². The number of nitrogens with zero attached hydrogens (tertiary/aromatic N) is 3. The van der Waals surface area contributed by atoms with Crippen LogP contribution in [0.2, 0.25) is 5.02 Å². The highest BCUT2D eigenvalue weighted by atomic mass is 35.5. The molecular formula is C28H30ClF4N5O2S. The van der Waals surface area contributed by atoms with Crippen LogP contribution in [0.4, 0.5) is 29.1 Å². The molecule has 2 saturated carbocycles. The Morgan fingerprint density at radius 1 is 1.10 bits per heavy atom. The van der Waals surface area contributed by atoms with Gasteiger partial charge in [0.2, 0.25) is 0 Å². The predicted molar refractivity (Wildman–Crippen MR) is 149 cm³/mol. The summed E-state index contributed by atoms with van der Waals surface area (Å²) in [5, 5.41) is 3.32. The summed E-state index contributed by atoms with van der Waals surface area (Å²) in [4.78, 5) is 8.92. The van der Waals surface area contributed by atoms with Gasteiger partial charge in [-0.15, -0.1) is 0 Å². The molecule has 3 aromatic rings. The molecule has 220 valence electrons. The maximum atomic E-state index is 15.1. The van der Waals surface area contributed by atoms with Gasteiger partial charge in [-0.2, -0.15) is 13.2 Å². The number of aromatic nitrogens is 2. The van der Waals surface area contributed by atoms with Crippen LogP contribution in [0.3, 0.4) is 0 Å². The van der Waals surface area contributed by atoms with Crippen molar-refractivity contribution in [3.05, 3.63) is 77.0 Å². The van der Waals surface area contributed by atoms with E-state index in [1.165, 1.54) is 12.3 Å². The monoisotopic (exact) mass is 611 g/mol. The van der Waals surface area contributed by atoms with Crippen LogP contribution in [-0.2, 0) is 15.4 Å². The van der Waals surface area contributed by atoms with Crippen molar-refractivity contribution in [3.8, 4) is 0 Å². The maximum absolute atomic E-state index is 15.1. The van der Waals surface area contributed by atoms with E-state index < -0.39 is 32.3 Å². The lowest BCUT2D eigenvalue weighted by Crippen LogP contribution is -2.47. The lowest BCUT2D eigenvalue weighted by atomic mass is 9.77. The summed E-state index contributed by atoms with van der Waals surface area (Å²) < 4.78 is 84.1. The van der Waals surface area contributed by atoms with E-state index in [2.05, 4.69) is 20.0 Å². The zero-order valence-corrected chi connectivity index (χ0v) is 24.0. The minimum absolute atomic E-state index is 0.0143. The van der Waals surface area contributed by atoms with E-state index in [0.717, 1.165) is 24.0 Å². The van der Waals surface area contributed by atoms with Crippen LogP contribution in [0.15, 0.2) is 59.9 Å². The number of nitrogens with one attached hydrogen (secondary N) is 2. The van der Waals surface area contributed by atoms with Gasteiger partial charge in [-0.1, -0.05) is 35.9 Å². The predicted octanol–water partition coefficient (Wildman–Crippen LogP) is 6.34. The molecule has 0 spiro atoms.